The Morgan fingerprint density at radius 1 is 1.55 bits per heavy atom. The van der Waals surface area contributed by atoms with E-state index in [2.05, 4.69) is 15.6 Å². The van der Waals surface area contributed by atoms with Crippen LogP contribution in [0.1, 0.15) is 5.89 Å². The standard InChI is InChI=1S/C14H17N3O4.ClH/c1-19-8-13-17-10-6-9(2-3-12(10)21-13)16-14(18)11-7-20-5-4-15-11;/h2-3,6,11,15H,4-5,7-8H2,1H3,(H,16,18);1H. The van der Waals surface area contributed by atoms with Crippen LogP contribution in [-0.2, 0) is 20.9 Å². The van der Waals surface area contributed by atoms with E-state index in [9.17, 15) is 4.79 Å². The number of methoxy groups -OCH3 is 1. The summed E-state index contributed by atoms with van der Waals surface area (Å²) in [4.78, 5) is 16.4. The highest BCUT2D eigenvalue weighted by atomic mass is 35.5. The van der Waals surface area contributed by atoms with Gasteiger partial charge in [-0.15, -0.1) is 12.4 Å². The molecular formula is C14H18ClN3O4. The van der Waals surface area contributed by atoms with Gasteiger partial charge >= 0.3 is 0 Å². The lowest BCUT2D eigenvalue weighted by atomic mass is 10.2. The van der Waals surface area contributed by atoms with Gasteiger partial charge in [0.05, 0.1) is 13.2 Å². The van der Waals surface area contributed by atoms with Crippen LogP contribution >= 0.6 is 12.4 Å². The highest BCUT2D eigenvalue weighted by Gasteiger charge is 2.21. The molecule has 2 N–H and O–H groups in total. The Labute approximate surface area is 133 Å². The number of nitrogens with zero attached hydrogens (tertiary/aromatic N) is 1. The number of amides is 1. The third kappa shape index (κ3) is 3.75. The van der Waals surface area contributed by atoms with Crippen LogP contribution in [0, 0.1) is 0 Å². The molecule has 0 spiro atoms. The first-order valence-corrected chi connectivity index (χ1v) is 6.76. The summed E-state index contributed by atoms with van der Waals surface area (Å²) in [5.74, 6) is 0.396. The number of hydrogen-bond donors (Lipinski definition) is 2. The topological polar surface area (TPSA) is 85.6 Å². The number of nitrogens with one attached hydrogen (secondary N) is 2. The molecule has 1 fully saturated rings. The van der Waals surface area contributed by atoms with Crippen molar-refractivity contribution < 1.29 is 18.7 Å². The maximum atomic E-state index is 12.1. The van der Waals surface area contributed by atoms with Gasteiger partial charge in [-0.3, -0.25) is 4.79 Å². The van der Waals surface area contributed by atoms with Crippen molar-refractivity contribution in [3.8, 4) is 0 Å². The molecule has 1 atom stereocenters. The Kier molecular flexibility index (Phi) is 5.73. The summed E-state index contributed by atoms with van der Waals surface area (Å²) in [6.45, 7) is 2.02. The number of aromatic nitrogens is 1. The van der Waals surface area contributed by atoms with Crippen molar-refractivity contribution in [1.29, 1.82) is 0 Å². The molecule has 0 radical (unpaired) electrons. The monoisotopic (exact) mass is 327 g/mol. The molecule has 1 aliphatic rings. The van der Waals surface area contributed by atoms with E-state index < -0.39 is 0 Å². The van der Waals surface area contributed by atoms with Gasteiger partial charge < -0.3 is 24.5 Å². The summed E-state index contributed by atoms with van der Waals surface area (Å²) in [6.07, 6.45) is 0. The van der Waals surface area contributed by atoms with Crippen LogP contribution in [0.2, 0.25) is 0 Å². The Balaban J connectivity index is 0.00000176. The number of hydrogen-bond acceptors (Lipinski definition) is 6. The van der Waals surface area contributed by atoms with E-state index in [4.69, 9.17) is 13.9 Å². The maximum Gasteiger partial charge on any atom is 0.243 e. The minimum absolute atomic E-state index is 0. The van der Waals surface area contributed by atoms with Crippen LogP contribution in [0.25, 0.3) is 11.1 Å². The van der Waals surface area contributed by atoms with E-state index in [0.717, 1.165) is 0 Å². The van der Waals surface area contributed by atoms with Crippen LogP contribution in [-0.4, -0.2) is 43.8 Å². The normalized spacial score (nSPS) is 18.0. The fourth-order valence-corrected chi connectivity index (χ4v) is 2.20. The third-order valence-corrected chi connectivity index (χ3v) is 3.21. The number of rotatable bonds is 4. The fourth-order valence-electron chi connectivity index (χ4n) is 2.20. The Bertz CT molecular complexity index is 640. The number of halogens is 1. The number of ether oxygens (including phenoxy) is 2. The smallest absolute Gasteiger partial charge is 0.243 e. The van der Waals surface area contributed by atoms with Crippen molar-refractivity contribution in [2.75, 3.05) is 32.2 Å². The van der Waals surface area contributed by atoms with Crippen molar-refractivity contribution in [1.82, 2.24) is 10.3 Å². The van der Waals surface area contributed by atoms with Crippen molar-refractivity contribution in [2.45, 2.75) is 12.6 Å². The van der Waals surface area contributed by atoms with Crippen LogP contribution in [0.4, 0.5) is 5.69 Å². The number of oxazole rings is 1. The Morgan fingerprint density at radius 3 is 3.14 bits per heavy atom. The van der Waals surface area contributed by atoms with Gasteiger partial charge in [0.1, 0.15) is 18.2 Å². The fraction of sp³-hybridized carbons (Fsp3) is 0.429. The van der Waals surface area contributed by atoms with Gasteiger partial charge in [-0.2, -0.15) is 0 Å². The van der Waals surface area contributed by atoms with Gasteiger partial charge in [0.15, 0.2) is 5.58 Å². The number of anilines is 1. The zero-order valence-corrected chi connectivity index (χ0v) is 12.9. The Morgan fingerprint density at radius 2 is 2.41 bits per heavy atom. The molecule has 0 aliphatic carbocycles. The SMILES string of the molecule is COCc1nc2cc(NC(=O)C3COCCN3)ccc2o1.Cl. The molecule has 22 heavy (non-hydrogen) atoms. The van der Waals surface area contributed by atoms with Crippen molar-refractivity contribution in [3.63, 3.8) is 0 Å². The van der Waals surface area contributed by atoms with Gasteiger partial charge in [-0.1, -0.05) is 0 Å². The molecule has 0 bridgehead atoms. The lowest BCUT2D eigenvalue weighted by Crippen LogP contribution is -2.48. The Hall–Kier alpha value is -1.67. The highest BCUT2D eigenvalue weighted by Crippen LogP contribution is 2.20. The second-order valence-corrected chi connectivity index (χ2v) is 4.79. The zero-order chi connectivity index (χ0) is 14.7. The molecule has 1 aliphatic heterocycles. The summed E-state index contributed by atoms with van der Waals surface area (Å²) in [5.41, 5.74) is 2.03. The van der Waals surface area contributed by atoms with Gasteiger partial charge in [-0.05, 0) is 18.2 Å². The highest BCUT2D eigenvalue weighted by molar-refractivity contribution is 5.96. The predicted octanol–water partition coefficient (Wildman–Crippen LogP) is 1.32. The van der Waals surface area contributed by atoms with E-state index in [1.165, 1.54) is 0 Å². The first-order chi connectivity index (χ1) is 10.3. The molecule has 7 nitrogen and oxygen atoms in total. The van der Waals surface area contributed by atoms with Gasteiger partial charge in [0, 0.05) is 19.3 Å². The second-order valence-electron chi connectivity index (χ2n) is 4.79. The largest absolute Gasteiger partial charge is 0.438 e. The molecule has 2 heterocycles. The number of carbonyl (C=O) groups is 1. The molecule has 1 aromatic carbocycles. The lowest BCUT2D eigenvalue weighted by molar-refractivity contribution is -0.120. The average molecular weight is 328 g/mol. The average Bonchev–Trinajstić information content (AvgIpc) is 2.90. The molecule has 1 unspecified atom stereocenters. The first kappa shape index (κ1) is 16.7. The van der Waals surface area contributed by atoms with E-state index in [-0.39, 0.29) is 24.4 Å². The number of morpholine rings is 1. The van der Waals surface area contributed by atoms with Crippen molar-refractivity contribution in [2.24, 2.45) is 0 Å². The maximum absolute atomic E-state index is 12.1. The number of benzene rings is 1. The summed E-state index contributed by atoms with van der Waals surface area (Å²) >= 11 is 0. The van der Waals surface area contributed by atoms with Crippen LogP contribution in [0.15, 0.2) is 22.6 Å². The molecule has 120 valence electrons. The second kappa shape index (κ2) is 7.55. The summed E-state index contributed by atoms with van der Waals surface area (Å²) in [6, 6.07) is 5.02. The van der Waals surface area contributed by atoms with E-state index in [1.54, 1.807) is 25.3 Å². The third-order valence-electron chi connectivity index (χ3n) is 3.21. The summed E-state index contributed by atoms with van der Waals surface area (Å²) in [7, 11) is 1.58. The van der Waals surface area contributed by atoms with E-state index in [0.29, 0.717) is 49.0 Å². The molecule has 1 saturated heterocycles. The van der Waals surface area contributed by atoms with Crippen LogP contribution in [0.5, 0.6) is 0 Å². The lowest BCUT2D eigenvalue weighted by Gasteiger charge is -2.22. The molecule has 3 rings (SSSR count). The predicted molar refractivity (Wildman–Crippen MR) is 83.2 cm³/mol. The van der Waals surface area contributed by atoms with Crippen molar-refractivity contribution in [3.05, 3.63) is 24.1 Å². The van der Waals surface area contributed by atoms with E-state index in [1.807, 2.05) is 0 Å². The summed E-state index contributed by atoms with van der Waals surface area (Å²) < 4.78 is 15.8. The molecule has 2 aromatic rings. The minimum Gasteiger partial charge on any atom is -0.438 e. The molecule has 8 heteroatoms. The quantitative estimate of drug-likeness (QED) is 0.881. The van der Waals surface area contributed by atoms with Gasteiger partial charge in [0.25, 0.3) is 0 Å². The molecule has 0 saturated carbocycles. The van der Waals surface area contributed by atoms with Gasteiger partial charge in [-0.25, -0.2) is 4.98 Å². The summed E-state index contributed by atoms with van der Waals surface area (Å²) in [5, 5.41) is 5.96. The molecular weight excluding hydrogens is 310 g/mol. The van der Waals surface area contributed by atoms with Gasteiger partial charge in [0.2, 0.25) is 11.8 Å². The first-order valence-electron chi connectivity index (χ1n) is 6.76. The van der Waals surface area contributed by atoms with Crippen LogP contribution in [0.3, 0.4) is 0 Å². The minimum atomic E-state index is -0.323. The van der Waals surface area contributed by atoms with Crippen LogP contribution < -0.4 is 10.6 Å². The molecule has 1 amide bonds. The number of fused-ring (bicyclic) bond motifs is 1. The van der Waals surface area contributed by atoms with E-state index >= 15 is 0 Å². The zero-order valence-electron chi connectivity index (χ0n) is 12.1. The number of carbonyl (C=O) groups excluding carboxylic acids is 1. The van der Waals surface area contributed by atoms with Crippen molar-refractivity contribution >= 4 is 35.1 Å². The molecule has 1 aromatic heterocycles.